The van der Waals surface area contributed by atoms with Crippen LogP contribution in [0.5, 0.6) is 5.75 Å². The number of nitrogens with one attached hydrogen (secondary N) is 2. The zero-order valence-corrected chi connectivity index (χ0v) is 27.5. The number of fused-ring (bicyclic) bond motifs is 2. The molecule has 1 aliphatic rings. The van der Waals surface area contributed by atoms with Crippen molar-refractivity contribution in [1.82, 2.24) is 10.6 Å². The fraction of sp³-hybridized carbons (Fsp3) is 0.235. The van der Waals surface area contributed by atoms with Crippen molar-refractivity contribution in [2.24, 2.45) is 0 Å². The van der Waals surface area contributed by atoms with Gasteiger partial charge >= 0.3 is 0 Å². The maximum Gasteiger partial charge on any atom is 0.258 e. The Hall–Kier alpha value is -4.25. The summed E-state index contributed by atoms with van der Waals surface area (Å²) in [4.78, 5) is 56.6. The third-order valence-corrected chi connectivity index (χ3v) is 8.91. The van der Waals surface area contributed by atoms with Gasteiger partial charge in [-0.3, -0.25) is 19.2 Å². The number of hydrogen-bond donors (Lipinski definition) is 2. The van der Waals surface area contributed by atoms with Gasteiger partial charge in [-0.25, -0.2) is 0 Å². The molecule has 2 atom stereocenters. The van der Waals surface area contributed by atoms with Gasteiger partial charge in [0.15, 0.2) is 5.78 Å². The van der Waals surface area contributed by atoms with Crippen LogP contribution < -0.4 is 25.2 Å². The van der Waals surface area contributed by atoms with Gasteiger partial charge in [0.1, 0.15) is 11.8 Å². The minimum absolute atomic E-state index is 0.0771. The highest BCUT2D eigenvalue weighted by atomic mass is 79.9. The molecule has 2 unspecified atom stereocenters. The Morgan fingerprint density at radius 2 is 1.71 bits per heavy atom. The predicted octanol–water partition coefficient (Wildman–Crippen LogP) is 5.75. The van der Waals surface area contributed by atoms with Crippen molar-refractivity contribution >= 4 is 73.2 Å². The van der Waals surface area contributed by atoms with Crippen LogP contribution in [0.2, 0.25) is 5.02 Å². The summed E-state index contributed by atoms with van der Waals surface area (Å²) in [6.45, 7) is 3.05. The number of carbonyl (C=O) groups excluding carboxylic acids is 4. The molecule has 0 fully saturated rings. The van der Waals surface area contributed by atoms with Gasteiger partial charge in [-0.05, 0) is 80.2 Å². The van der Waals surface area contributed by atoms with E-state index in [-0.39, 0.29) is 18.9 Å². The summed E-state index contributed by atoms with van der Waals surface area (Å²) in [6, 6.07) is 19.2. The van der Waals surface area contributed by atoms with Crippen LogP contribution in [0.15, 0.2) is 77.3 Å². The van der Waals surface area contributed by atoms with Crippen LogP contribution in [0.4, 0.5) is 11.4 Å². The van der Waals surface area contributed by atoms with E-state index >= 15 is 0 Å². The number of rotatable bonds is 8. The van der Waals surface area contributed by atoms with Crippen LogP contribution in [0.25, 0.3) is 10.8 Å². The van der Waals surface area contributed by atoms with Gasteiger partial charge in [-0.2, -0.15) is 0 Å². The standard InChI is InChI=1S/C34H32BrClN4O5/c1-19(37-3)32(42)38-28-18-40(33(43)22-10-8-21(9-11-22)20(2)41)30-16-23(36)12-14-29(30)39(34(28)44)17-26-24-6-5-7-27(35)25(24)13-15-31(26)45-4/h5-16,19,28,37H,17-18H2,1-4H3,(H,38,42). The van der Waals surface area contributed by atoms with Gasteiger partial charge in [0.25, 0.3) is 11.8 Å². The molecule has 0 spiro atoms. The first-order chi connectivity index (χ1) is 21.5. The second kappa shape index (κ2) is 13.4. The first-order valence-electron chi connectivity index (χ1n) is 14.3. The number of carbonyl (C=O) groups is 4. The van der Waals surface area contributed by atoms with Crippen LogP contribution in [0, 0.1) is 0 Å². The van der Waals surface area contributed by atoms with Crippen LogP contribution in [-0.4, -0.2) is 56.3 Å². The van der Waals surface area contributed by atoms with Crippen LogP contribution in [0.1, 0.15) is 40.1 Å². The summed E-state index contributed by atoms with van der Waals surface area (Å²) in [5.41, 5.74) is 2.36. The lowest BCUT2D eigenvalue weighted by Gasteiger charge is -2.27. The third kappa shape index (κ3) is 6.45. The lowest BCUT2D eigenvalue weighted by molar-refractivity contribution is -0.128. The lowest BCUT2D eigenvalue weighted by atomic mass is 10.0. The second-order valence-corrected chi connectivity index (χ2v) is 12.1. The predicted molar refractivity (Wildman–Crippen MR) is 179 cm³/mol. The molecule has 232 valence electrons. The van der Waals surface area contributed by atoms with Crippen molar-refractivity contribution in [1.29, 1.82) is 0 Å². The van der Waals surface area contributed by atoms with E-state index in [0.717, 1.165) is 20.8 Å². The van der Waals surface area contributed by atoms with Crippen LogP contribution in [0.3, 0.4) is 0 Å². The van der Waals surface area contributed by atoms with Gasteiger partial charge in [0, 0.05) is 26.2 Å². The maximum atomic E-state index is 14.5. The fourth-order valence-corrected chi connectivity index (χ4v) is 6.04. The molecule has 1 aliphatic heterocycles. The number of Topliss-reactive ketones (excluding diaryl/α,β-unsaturated/α-hetero) is 1. The molecule has 0 bridgehead atoms. The highest BCUT2D eigenvalue weighted by Gasteiger charge is 2.38. The monoisotopic (exact) mass is 690 g/mol. The number of anilines is 2. The van der Waals surface area contributed by atoms with Crippen molar-refractivity contribution in [3.63, 3.8) is 0 Å². The van der Waals surface area contributed by atoms with E-state index in [4.69, 9.17) is 16.3 Å². The molecule has 45 heavy (non-hydrogen) atoms. The quantitative estimate of drug-likeness (QED) is 0.228. The number of benzene rings is 4. The number of nitrogens with zero attached hydrogens (tertiary/aromatic N) is 2. The average molecular weight is 692 g/mol. The number of ketones is 1. The molecule has 4 aromatic carbocycles. The summed E-state index contributed by atoms with van der Waals surface area (Å²) in [5.74, 6) is -0.775. The molecular formula is C34H32BrClN4O5. The topological polar surface area (TPSA) is 108 Å². The summed E-state index contributed by atoms with van der Waals surface area (Å²) in [5, 5.41) is 7.92. The van der Waals surface area contributed by atoms with E-state index in [0.29, 0.717) is 33.3 Å². The van der Waals surface area contributed by atoms with E-state index in [1.165, 1.54) is 11.8 Å². The Morgan fingerprint density at radius 3 is 2.38 bits per heavy atom. The van der Waals surface area contributed by atoms with Crippen molar-refractivity contribution < 1.29 is 23.9 Å². The molecule has 0 aliphatic carbocycles. The van der Waals surface area contributed by atoms with Crippen molar-refractivity contribution in [2.75, 3.05) is 30.5 Å². The van der Waals surface area contributed by atoms with E-state index in [2.05, 4.69) is 26.6 Å². The zero-order valence-electron chi connectivity index (χ0n) is 25.2. The van der Waals surface area contributed by atoms with Gasteiger partial charge < -0.3 is 25.2 Å². The number of likely N-dealkylation sites (N-methyl/N-ethyl adjacent to an activating group) is 1. The van der Waals surface area contributed by atoms with Gasteiger partial charge in [-0.1, -0.05) is 51.8 Å². The molecule has 2 N–H and O–H groups in total. The third-order valence-electron chi connectivity index (χ3n) is 7.99. The molecule has 0 saturated heterocycles. The van der Waals surface area contributed by atoms with Crippen molar-refractivity contribution in [3.8, 4) is 5.75 Å². The molecule has 1 heterocycles. The summed E-state index contributed by atoms with van der Waals surface area (Å²) in [6.07, 6.45) is 0. The Labute approximate surface area is 274 Å². The SMILES string of the molecule is CNC(C)C(=O)NC1CN(C(=O)c2ccc(C(C)=O)cc2)c2cc(Cl)ccc2N(Cc2c(OC)ccc3c(Br)cccc23)C1=O. The zero-order chi connectivity index (χ0) is 32.4. The molecule has 9 nitrogen and oxygen atoms in total. The van der Waals surface area contributed by atoms with E-state index < -0.39 is 29.8 Å². The van der Waals surface area contributed by atoms with Crippen LogP contribution in [-0.2, 0) is 16.1 Å². The lowest BCUT2D eigenvalue weighted by Crippen LogP contribution is -2.55. The highest BCUT2D eigenvalue weighted by Crippen LogP contribution is 2.40. The summed E-state index contributed by atoms with van der Waals surface area (Å²) >= 11 is 10.1. The molecule has 3 amide bonds. The van der Waals surface area contributed by atoms with Crippen molar-refractivity contribution in [3.05, 3.63) is 99.0 Å². The normalized spacial score (nSPS) is 15.3. The largest absolute Gasteiger partial charge is 0.496 e. The summed E-state index contributed by atoms with van der Waals surface area (Å²) in [7, 11) is 3.22. The molecular weight excluding hydrogens is 660 g/mol. The number of halogens is 2. The van der Waals surface area contributed by atoms with E-state index in [1.54, 1.807) is 68.4 Å². The highest BCUT2D eigenvalue weighted by molar-refractivity contribution is 9.10. The number of hydrogen-bond acceptors (Lipinski definition) is 6. The molecule has 0 saturated carbocycles. The Balaban J connectivity index is 1.67. The Bertz CT molecular complexity index is 1810. The molecule has 0 radical (unpaired) electrons. The van der Waals surface area contributed by atoms with Crippen molar-refractivity contribution in [2.45, 2.75) is 32.5 Å². The second-order valence-electron chi connectivity index (χ2n) is 10.8. The number of methoxy groups -OCH3 is 1. The van der Waals surface area contributed by atoms with Gasteiger partial charge in [-0.15, -0.1) is 0 Å². The Kier molecular flexibility index (Phi) is 9.57. The van der Waals surface area contributed by atoms with E-state index in [1.807, 2.05) is 30.3 Å². The molecule has 0 aromatic heterocycles. The smallest absolute Gasteiger partial charge is 0.258 e. The first-order valence-corrected chi connectivity index (χ1v) is 15.5. The van der Waals surface area contributed by atoms with Gasteiger partial charge in [0.05, 0.1) is 37.6 Å². The fourth-order valence-electron chi connectivity index (χ4n) is 5.38. The Morgan fingerprint density at radius 1 is 1.00 bits per heavy atom. The first kappa shape index (κ1) is 32.2. The number of amides is 3. The number of ether oxygens (including phenoxy) is 1. The minimum Gasteiger partial charge on any atom is -0.496 e. The molecule has 11 heteroatoms. The molecule has 5 rings (SSSR count). The molecule has 4 aromatic rings. The average Bonchev–Trinajstić information content (AvgIpc) is 3.14. The van der Waals surface area contributed by atoms with Gasteiger partial charge in [0.2, 0.25) is 5.91 Å². The van der Waals surface area contributed by atoms with Crippen LogP contribution >= 0.6 is 27.5 Å². The summed E-state index contributed by atoms with van der Waals surface area (Å²) < 4.78 is 6.63. The minimum atomic E-state index is -1.10. The van der Waals surface area contributed by atoms with E-state index in [9.17, 15) is 19.2 Å². The maximum absolute atomic E-state index is 14.5.